The number of ether oxygens (including phenoxy) is 1. The first kappa shape index (κ1) is 19.8. The van der Waals surface area contributed by atoms with Crippen LogP contribution in [0.4, 0.5) is 14.5 Å². The molecule has 1 aliphatic rings. The first-order valence-electron chi connectivity index (χ1n) is 9.04. The van der Waals surface area contributed by atoms with Gasteiger partial charge in [-0.2, -0.15) is 0 Å². The SMILES string of the molecule is CC1(C(=O)Nc2ccc(Oc3cccc(C(N)=O)c3)cc2)CCC(F)(F)CC1. The molecule has 0 atom stereocenters. The maximum absolute atomic E-state index is 13.4. The highest BCUT2D eigenvalue weighted by Crippen LogP contribution is 2.44. The lowest BCUT2D eigenvalue weighted by atomic mass is 9.73. The van der Waals surface area contributed by atoms with Gasteiger partial charge in [-0.3, -0.25) is 9.59 Å². The monoisotopic (exact) mass is 388 g/mol. The van der Waals surface area contributed by atoms with E-state index in [1.807, 2.05) is 0 Å². The normalized spacial score (nSPS) is 17.5. The number of primary amides is 1. The lowest BCUT2D eigenvalue weighted by Crippen LogP contribution is -2.40. The maximum atomic E-state index is 13.4. The average molecular weight is 388 g/mol. The third-order valence-electron chi connectivity index (χ3n) is 5.10. The molecule has 5 nitrogen and oxygen atoms in total. The highest BCUT2D eigenvalue weighted by atomic mass is 19.3. The zero-order chi connectivity index (χ0) is 20.4. The van der Waals surface area contributed by atoms with E-state index in [0.717, 1.165) is 0 Å². The number of carbonyl (C=O) groups excluding carboxylic acids is 2. The minimum absolute atomic E-state index is 0.156. The van der Waals surface area contributed by atoms with Crippen LogP contribution in [-0.4, -0.2) is 17.7 Å². The van der Waals surface area contributed by atoms with E-state index in [4.69, 9.17) is 10.5 Å². The van der Waals surface area contributed by atoms with Crippen LogP contribution in [-0.2, 0) is 4.79 Å². The molecule has 3 rings (SSSR count). The molecule has 0 aliphatic heterocycles. The summed E-state index contributed by atoms with van der Waals surface area (Å²) < 4.78 is 32.4. The van der Waals surface area contributed by atoms with Crippen molar-refractivity contribution in [2.45, 2.75) is 38.5 Å². The molecule has 3 N–H and O–H groups in total. The Morgan fingerprint density at radius 3 is 2.25 bits per heavy atom. The largest absolute Gasteiger partial charge is 0.457 e. The van der Waals surface area contributed by atoms with E-state index in [2.05, 4.69) is 5.32 Å². The maximum Gasteiger partial charge on any atom is 0.248 e. The predicted molar refractivity (Wildman–Crippen MR) is 102 cm³/mol. The summed E-state index contributed by atoms with van der Waals surface area (Å²) in [5.41, 5.74) is 5.35. The van der Waals surface area contributed by atoms with Crippen LogP contribution < -0.4 is 15.8 Å². The van der Waals surface area contributed by atoms with Crippen molar-refractivity contribution in [2.75, 3.05) is 5.32 Å². The Morgan fingerprint density at radius 2 is 1.64 bits per heavy atom. The molecule has 0 spiro atoms. The number of halogens is 2. The second-order valence-corrected chi connectivity index (χ2v) is 7.39. The Balaban J connectivity index is 1.62. The molecular formula is C21H22F2N2O3. The van der Waals surface area contributed by atoms with Crippen molar-refractivity contribution in [2.24, 2.45) is 11.1 Å². The van der Waals surface area contributed by atoms with Gasteiger partial charge in [0.2, 0.25) is 17.7 Å². The molecular weight excluding hydrogens is 366 g/mol. The van der Waals surface area contributed by atoms with Gasteiger partial charge in [0.15, 0.2) is 0 Å². The van der Waals surface area contributed by atoms with Crippen molar-refractivity contribution in [3.05, 3.63) is 54.1 Å². The summed E-state index contributed by atoms with van der Waals surface area (Å²) in [5.74, 6) is -2.50. The fourth-order valence-corrected chi connectivity index (χ4v) is 3.13. The van der Waals surface area contributed by atoms with Gasteiger partial charge in [-0.25, -0.2) is 8.78 Å². The van der Waals surface area contributed by atoms with E-state index >= 15 is 0 Å². The van der Waals surface area contributed by atoms with Gasteiger partial charge >= 0.3 is 0 Å². The number of nitrogens with one attached hydrogen (secondary N) is 1. The van der Waals surface area contributed by atoms with Crippen LogP contribution in [0.2, 0.25) is 0 Å². The van der Waals surface area contributed by atoms with Crippen LogP contribution in [0.1, 0.15) is 43.0 Å². The summed E-state index contributed by atoms with van der Waals surface area (Å²) in [5, 5.41) is 2.79. The van der Waals surface area contributed by atoms with Crippen molar-refractivity contribution in [3.8, 4) is 11.5 Å². The van der Waals surface area contributed by atoms with Gasteiger partial charge in [-0.05, 0) is 55.3 Å². The van der Waals surface area contributed by atoms with Crippen LogP contribution in [0.15, 0.2) is 48.5 Å². The lowest BCUT2D eigenvalue weighted by Gasteiger charge is -2.35. The molecule has 2 amide bonds. The van der Waals surface area contributed by atoms with Crippen LogP contribution >= 0.6 is 0 Å². The van der Waals surface area contributed by atoms with Crippen LogP contribution in [0.5, 0.6) is 11.5 Å². The van der Waals surface area contributed by atoms with Crippen LogP contribution in [0, 0.1) is 5.41 Å². The molecule has 2 aromatic carbocycles. The molecule has 1 fully saturated rings. The Kier molecular flexibility index (Phi) is 5.36. The van der Waals surface area contributed by atoms with Crippen molar-refractivity contribution in [1.82, 2.24) is 0 Å². The molecule has 1 saturated carbocycles. The van der Waals surface area contributed by atoms with E-state index in [1.165, 1.54) is 6.07 Å². The molecule has 1 aliphatic carbocycles. The molecule has 0 bridgehead atoms. The van der Waals surface area contributed by atoms with Gasteiger partial charge in [-0.1, -0.05) is 13.0 Å². The Morgan fingerprint density at radius 1 is 1.00 bits per heavy atom. The standard InChI is InChI=1S/C21H22F2N2O3/c1-20(9-11-21(22,23)12-10-20)19(27)25-15-5-7-16(8-6-15)28-17-4-2-3-14(13-17)18(24)26/h2-8,13H,9-12H2,1H3,(H2,24,26)(H,25,27). The molecule has 7 heteroatoms. The topological polar surface area (TPSA) is 81.4 Å². The van der Waals surface area contributed by atoms with E-state index in [-0.39, 0.29) is 31.6 Å². The number of benzene rings is 2. The minimum atomic E-state index is -2.68. The summed E-state index contributed by atoms with van der Waals surface area (Å²) >= 11 is 0. The zero-order valence-corrected chi connectivity index (χ0v) is 15.5. The second-order valence-electron chi connectivity index (χ2n) is 7.39. The quantitative estimate of drug-likeness (QED) is 0.777. The van der Waals surface area contributed by atoms with Crippen molar-refractivity contribution in [1.29, 1.82) is 0 Å². The fraction of sp³-hybridized carbons (Fsp3) is 0.333. The first-order valence-corrected chi connectivity index (χ1v) is 9.04. The number of anilines is 1. The highest BCUT2D eigenvalue weighted by molar-refractivity contribution is 5.95. The molecule has 0 unspecified atom stereocenters. The molecule has 0 heterocycles. The molecule has 2 aromatic rings. The van der Waals surface area contributed by atoms with Gasteiger partial charge in [0.1, 0.15) is 11.5 Å². The molecule has 28 heavy (non-hydrogen) atoms. The molecule has 148 valence electrons. The number of carbonyl (C=O) groups is 2. The zero-order valence-electron chi connectivity index (χ0n) is 15.5. The van der Waals surface area contributed by atoms with E-state index in [1.54, 1.807) is 49.4 Å². The van der Waals surface area contributed by atoms with Gasteiger partial charge in [0.05, 0.1) is 0 Å². The fourth-order valence-electron chi connectivity index (χ4n) is 3.13. The van der Waals surface area contributed by atoms with Crippen molar-refractivity contribution >= 4 is 17.5 Å². The molecule has 0 saturated heterocycles. The number of nitrogens with two attached hydrogens (primary N) is 1. The summed E-state index contributed by atoms with van der Waals surface area (Å²) in [4.78, 5) is 23.8. The summed E-state index contributed by atoms with van der Waals surface area (Å²) in [7, 11) is 0. The average Bonchev–Trinajstić information content (AvgIpc) is 2.66. The van der Waals surface area contributed by atoms with Crippen LogP contribution in [0.3, 0.4) is 0 Å². The van der Waals surface area contributed by atoms with E-state index in [0.29, 0.717) is 22.7 Å². The second kappa shape index (κ2) is 7.58. The molecule has 0 radical (unpaired) electrons. The van der Waals surface area contributed by atoms with Crippen molar-refractivity contribution < 1.29 is 23.1 Å². The summed E-state index contributed by atoms with van der Waals surface area (Å²) in [6.07, 6.45) is -0.228. The third kappa shape index (κ3) is 4.65. The smallest absolute Gasteiger partial charge is 0.248 e. The van der Waals surface area contributed by atoms with Gasteiger partial charge in [0, 0.05) is 29.5 Å². The number of alkyl halides is 2. The molecule has 0 aromatic heterocycles. The third-order valence-corrected chi connectivity index (χ3v) is 5.10. The Labute approximate surface area is 161 Å². The predicted octanol–water partition coefficient (Wildman–Crippen LogP) is 4.73. The first-order chi connectivity index (χ1) is 13.2. The van der Waals surface area contributed by atoms with Gasteiger partial charge in [-0.15, -0.1) is 0 Å². The van der Waals surface area contributed by atoms with Gasteiger partial charge < -0.3 is 15.8 Å². The number of rotatable bonds is 5. The Bertz CT molecular complexity index is 871. The Hall–Kier alpha value is -2.96. The number of hydrogen-bond donors (Lipinski definition) is 2. The summed E-state index contributed by atoms with van der Waals surface area (Å²) in [6, 6.07) is 13.2. The minimum Gasteiger partial charge on any atom is -0.457 e. The van der Waals surface area contributed by atoms with Gasteiger partial charge in [0.25, 0.3) is 0 Å². The lowest BCUT2D eigenvalue weighted by molar-refractivity contribution is -0.132. The number of amides is 2. The van der Waals surface area contributed by atoms with Crippen LogP contribution in [0.25, 0.3) is 0 Å². The highest BCUT2D eigenvalue weighted by Gasteiger charge is 2.44. The van der Waals surface area contributed by atoms with E-state index in [9.17, 15) is 18.4 Å². The number of hydrogen-bond acceptors (Lipinski definition) is 3. The van der Waals surface area contributed by atoms with E-state index < -0.39 is 17.2 Å². The van der Waals surface area contributed by atoms with Crippen molar-refractivity contribution in [3.63, 3.8) is 0 Å². The summed E-state index contributed by atoms with van der Waals surface area (Å²) in [6.45, 7) is 1.72.